The Bertz CT molecular complexity index is 835. The Hall–Kier alpha value is -2.48. The molecular formula is C19H20ClF3N3O2+. The molecule has 2 aromatic rings. The molecule has 1 amide bonds. The number of aromatic nitrogens is 1. The Kier molecular flexibility index (Phi) is 5.98. The Labute approximate surface area is 165 Å². The van der Waals surface area contributed by atoms with Crippen molar-refractivity contribution in [2.45, 2.75) is 13.1 Å². The molecule has 1 fully saturated rings. The molecule has 9 heteroatoms. The predicted molar refractivity (Wildman–Crippen MR) is 98.5 cm³/mol. The van der Waals surface area contributed by atoms with E-state index in [1.807, 2.05) is 11.8 Å². The molecule has 0 atom stereocenters. The second kappa shape index (κ2) is 8.26. The van der Waals surface area contributed by atoms with Crippen molar-refractivity contribution in [1.29, 1.82) is 0 Å². The normalized spacial score (nSPS) is 14.9. The van der Waals surface area contributed by atoms with Gasteiger partial charge >= 0.3 is 6.18 Å². The van der Waals surface area contributed by atoms with Gasteiger partial charge < -0.3 is 9.64 Å². The number of aromatic amines is 1. The average Bonchev–Trinajstić information content (AvgIpc) is 2.68. The van der Waals surface area contributed by atoms with E-state index in [4.69, 9.17) is 16.3 Å². The minimum absolute atomic E-state index is 0.0759. The summed E-state index contributed by atoms with van der Waals surface area (Å²) < 4.78 is 43.5. The lowest BCUT2D eigenvalue weighted by Crippen LogP contribution is -2.51. The summed E-state index contributed by atoms with van der Waals surface area (Å²) in [5.74, 6) is 1.03. The van der Waals surface area contributed by atoms with Crippen molar-refractivity contribution in [3.05, 3.63) is 52.7 Å². The van der Waals surface area contributed by atoms with Gasteiger partial charge in [0.2, 0.25) is 0 Å². The number of aryl methyl sites for hydroxylation is 1. The first-order valence-corrected chi connectivity index (χ1v) is 9.12. The van der Waals surface area contributed by atoms with Crippen LogP contribution in [0, 0.1) is 6.92 Å². The molecule has 0 bridgehead atoms. The number of hydrogen-bond acceptors (Lipinski definition) is 3. The molecule has 1 aliphatic heterocycles. The van der Waals surface area contributed by atoms with Crippen molar-refractivity contribution >= 4 is 23.3 Å². The number of H-pyrrole nitrogens is 1. The summed E-state index contributed by atoms with van der Waals surface area (Å²) >= 11 is 5.97. The number of benzene rings is 1. The zero-order valence-electron chi connectivity index (χ0n) is 15.2. The number of alkyl halides is 3. The van der Waals surface area contributed by atoms with Crippen molar-refractivity contribution in [2.24, 2.45) is 0 Å². The Balaban J connectivity index is 1.50. The van der Waals surface area contributed by atoms with Crippen LogP contribution in [-0.2, 0) is 11.0 Å². The van der Waals surface area contributed by atoms with Crippen molar-refractivity contribution in [3.8, 4) is 5.75 Å². The van der Waals surface area contributed by atoms with Crippen molar-refractivity contribution in [2.75, 3.05) is 37.7 Å². The summed E-state index contributed by atoms with van der Waals surface area (Å²) in [6, 6.07) is 7.66. The SMILES string of the molecule is Cc1cc(OCC(=O)N2CCN(c3ccc(C(F)(F)F)c[nH+]3)CC2)ccc1Cl. The van der Waals surface area contributed by atoms with Gasteiger partial charge in [0.05, 0.1) is 18.7 Å². The number of pyridine rings is 1. The van der Waals surface area contributed by atoms with Gasteiger partial charge in [0.1, 0.15) is 25.0 Å². The van der Waals surface area contributed by atoms with Gasteiger partial charge in [-0.25, -0.2) is 4.98 Å². The molecule has 28 heavy (non-hydrogen) atoms. The number of carbonyl (C=O) groups is 1. The highest BCUT2D eigenvalue weighted by Crippen LogP contribution is 2.28. The van der Waals surface area contributed by atoms with E-state index >= 15 is 0 Å². The van der Waals surface area contributed by atoms with Gasteiger partial charge in [-0.1, -0.05) is 11.6 Å². The Morgan fingerprint density at radius 1 is 1.18 bits per heavy atom. The molecule has 0 aliphatic carbocycles. The zero-order chi connectivity index (χ0) is 20.3. The van der Waals surface area contributed by atoms with Crippen LogP contribution in [0.15, 0.2) is 36.5 Å². The van der Waals surface area contributed by atoms with Gasteiger partial charge in [0.25, 0.3) is 11.7 Å². The van der Waals surface area contributed by atoms with Crippen molar-refractivity contribution in [3.63, 3.8) is 0 Å². The quantitative estimate of drug-likeness (QED) is 0.772. The van der Waals surface area contributed by atoms with Crippen LogP contribution in [-0.4, -0.2) is 43.6 Å². The van der Waals surface area contributed by atoms with E-state index in [2.05, 4.69) is 4.98 Å². The number of nitrogens with one attached hydrogen (secondary N) is 1. The Morgan fingerprint density at radius 2 is 1.89 bits per heavy atom. The lowest BCUT2D eigenvalue weighted by molar-refractivity contribution is -0.367. The molecule has 1 saturated heterocycles. The summed E-state index contributed by atoms with van der Waals surface area (Å²) in [6.07, 6.45) is -3.42. The van der Waals surface area contributed by atoms with Crippen LogP contribution < -0.4 is 14.6 Å². The number of anilines is 1. The summed E-state index contributed by atoms with van der Waals surface area (Å²) in [6.45, 7) is 3.76. The molecule has 1 aromatic heterocycles. The monoisotopic (exact) mass is 414 g/mol. The van der Waals surface area contributed by atoms with E-state index < -0.39 is 11.7 Å². The molecule has 0 spiro atoms. The molecule has 0 radical (unpaired) electrons. The van der Waals surface area contributed by atoms with Crippen LogP contribution in [0.4, 0.5) is 19.0 Å². The summed E-state index contributed by atoms with van der Waals surface area (Å²) in [7, 11) is 0. The molecule has 1 N–H and O–H groups in total. The van der Waals surface area contributed by atoms with Gasteiger partial charge in [-0.3, -0.25) is 9.69 Å². The molecule has 3 rings (SSSR count). The first kappa shape index (κ1) is 20.3. The number of rotatable bonds is 4. The van der Waals surface area contributed by atoms with E-state index in [0.717, 1.165) is 17.8 Å². The number of amides is 1. The number of ether oxygens (including phenoxy) is 1. The van der Waals surface area contributed by atoms with Gasteiger partial charge in [-0.2, -0.15) is 13.2 Å². The van der Waals surface area contributed by atoms with Crippen LogP contribution in [0.5, 0.6) is 5.75 Å². The lowest BCUT2D eigenvalue weighted by atomic mass is 10.2. The molecule has 0 unspecified atom stereocenters. The van der Waals surface area contributed by atoms with Crippen LogP contribution in [0.25, 0.3) is 0 Å². The number of piperazine rings is 1. The third-order valence-corrected chi connectivity index (χ3v) is 5.01. The minimum atomic E-state index is -4.37. The lowest BCUT2D eigenvalue weighted by Gasteiger charge is -2.31. The van der Waals surface area contributed by atoms with E-state index in [0.29, 0.717) is 42.8 Å². The molecule has 1 aliphatic rings. The topological polar surface area (TPSA) is 46.9 Å². The maximum Gasteiger partial charge on any atom is 0.419 e. The van der Waals surface area contributed by atoms with Crippen LogP contribution in [0.3, 0.4) is 0 Å². The van der Waals surface area contributed by atoms with E-state index in [1.165, 1.54) is 6.07 Å². The smallest absolute Gasteiger partial charge is 0.419 e. The van der Waals surface area contributed by atoms with Crippen LogP contribution >= 0.6 is 11.6 Å². The summed E-state index contributed by atoms with van der Waals surface area (Å²) in [4.78, 5) is 18.6. The highest BCUT2D eigenvalue weighted by Gasteiger charge is 2.33. The molecule has 0 saturated carbocycles. The van der Waals surface area contributed by atoms with Crippen molar-refractivity contribution < 1.29 is 27.7 Å². The number of carbonyl (C=O) groups excluding carboxylic acids is 1. The fraction of sp³-hybridized carbons (Fsp3) is 0.368. The third kappa shape index (κ3) is 4.86. The highest BCUT2D eigenvalue weighted by atomic mass is 35.5. The minimum Gasteiger partial charge on any atom is -0.484 e. The maximum atomic E-state index is 12.6. The standard InChI is InChI=1S/C19H19ClF3N3O2/c1-13-10-15(3-4-16(13)20)28-12-18(27)26-8-6-25(7-9-26)17-5-2-14(11-24-17)19(21,22)23/h2-5,10-11H,6-9,12H2,1H3/p+1. The highest BCUT2D eigenvalue weighted by molar-refractivity contribution is 6.31. The molecule has 150 valence electrons. The van der Waals surface area contributed by atoms with Gasteiger partial charge in [-0.05, 0) is 36.8 Å². The summed E-state index contributed by atoms with van der Waals surface area (Å²) in [5, 5.41) is 0.634. The van der Waals surface area contributed by atoms with E-state index in [1.54, 1.807) is 23.1 Å². The van der Waals surface area contributed by atoms with Gasteiger partial charge in [0.15, 0.2) is 6.61 Å². The molecular weight excluding hydrogens is 395 g/mol. The van der Waals surface area contributed by atoms with E-state index in [-0.39, 0.29) is 12.5 Å². The number of halogens is 4. The third-order valence-electron chi connectivity index (χ3n) is 4.59. The fourth-order valence-electron chi connectivity index (χ4n) is 2.93. The maximum absolute atomic E-state index is 12.6. The predicted octanol–water partition coefficient (Wildman–Crippen LogP) is 3.21. The summed E-state index contributed by atoms with van der Waals surface area (Å²) in [5.41, 5.74) is 0.146. The average molecular weight is 415 g/mol. The largest absolute Gasteiger partial charge is 0.484 e. The Morgan fingerprint density at radius 3 is 2.46 bits per heavy atom. The molecule has 2 heterocycles. The molecule has 5 nitrogen and oxygen atoms in total. The van der Waals surface area contributed by atoms with E-state index in [9.17, 15) is 18.0 Å². The zero-order valence-corrected chi connectivity index (χ0v) is 16.0. The van der Waals surface area contributed by atoms with Crippen LogP contribution in [0.2, 0.25) is 5.02 Å². The second-order valence-electron chi connectivity index (χ2n) is 6.53. The number of hydrogen-bond donors (Lipinski definition) is 0. The second-order valence-corrected chi connectivity index (χ2v) is 6.94. The first-order valence-electron chi connectivity index (χ1n) is 8.74. The van der Waals surface area contributed by atoms with Crippen LogP contribution in [0.1, 0.15) is 11.1 Å². The van der Waals surface area contributed by atoms with Gasteiger partial charge in [-0.15, -0.1) is 0 Å². The number of nitrogens with zero attached hydrogens (tertiary/aromatic N) is 2. The van der Waals surface area contributed by atoms with Crippen molar-refractivity contribution in [1.82, 2.24) is 4.90 Å². The first-order chi connectivity index (χ1) is 13.2. The fourth-order valence-corrected chi connectivity index (χ4v) is 3.05. The van der Waals surface area contributed by atoms with Gasteiger partial charge in [0, 0.05) is 11.1 Å². The molecule has 1 aromatic carbocycles.